The van der Waals surface area contributed by atoms with Crippen LogP contribution in [0.2, 0.25) is 0 Å². The summed E-state index contributed by atoms with van der Waals surface area (Å²) < 4.78 is 13.3. The van der Waals surface area contributed by atoms with Crippen LogP contribution in [0.4, 0.5) is 0 Å². The van der Waals surface area contributed by atoms with Crippen molar-refractivity contribution in [2.45, 2.75) is 5.41 Å². The van der Waals surface area contributed by atoms with Gasteiger partial charge in [0, 0.05) is 44.3 Å². The van der Waals surface area contributed by atoms with Crippen LogP contribution in [-0.4, -0.2) is 24.9 Å². The van der Waals surface area contributed by atoms with Crippen LogP contribution in [0.3, 0.4) is 0 Å². The first kappa shape index (κ1) is 35.2. The van der Waals surface area contributed by atoms with Gasteiger partial charge in [0.25, 0.3) is 0 Å². The zero-order valence-corrected chi connectivity index (χ0v) is 33.6. The van der Waals surface area contributed by atoms with Crippen molar-refractivity contribution in [3.8, 4) is 79.4 Å². The Labute approximate surface area is 362 Å². The van der Waals surface area contributed by atoms with Gasteiger partial charge in [0.1, 0.15) is 28.3 Å². The molecule has 1 aliphatic carbocycles. The minimum atomic E-state index is -0.857. The van der Waals surface area contributed by atoms with Crippen molar-refractivity contribution in [3.05, 3.63) is 222 Å². The summed E-state index contributed by atoms with van der Waals surface area (Å²) in [6.45, 7) is 0. The summed E-state index contributed by atoms with van der Waals surface area (Å²) in [5.74, 6) is 3.97. The molecule has 4 heterocycles. The lowest BCUT2D eigenvalue weighted by molar-refractivity contribution is 0.436. The molecule has 0 fully saturated rings. The maximum atomic E-state index is 6.78. The van der Waals surface area contributed by atoms with Gasteiger partial charge in [-0.2, -0.15) is 0 Å². The lowest BCUT2D eigenvalue weighted by Gasteiger charge is -2.40. The largest absolute Gasteiger partial charge is 0.457 e. The number of hydrogen-bond acceptors (Lipinski definition) is 7. The number of nitrogens with zero attached hydrogens (tertiary/aromatic N) is 5. The van der Waals surface area contributed by atoms with E-state index in [4.69, 9.17) is 34.1 Å². The van der Waals surface area contributed by atoms with Gasteiger partial charge >= 0.3 is 0 Å². The maximum Gasteiger partial charge on any atom is 0.180 e. The monoisotopic (exact) mass is 807 g/mol. The Bertz CT molecular complexity index is 3500. The van der Waals surface area contributed by atoms with E-state index in [0.717, 1.165) is 94.9 Å². The van der Waals surface area contributed by atoms with E-state index in [9.17, 15) is 0 Å². The zero-order valence-electron chi connectivity index (χ0n) is 33.6. The fourth-order valence-corrected chi connectivity index (χ4v) is 9.72. The van der Waals surface area contributed by atoms with Gasteiger partial charge in [-0.25, -0.2) is 24.9 Å². The number of para-hydroxylation sites is 3. The van der Waals surface area contributed by atoms with Gasteiger partial charge in [0.15, 0.2) is 28.9 Å². The molecular weight excluding hydrogens is 775 g/mol. The van der Waals surface area contributed by atoms with Crippen LogP contribution < -0.4 is 4.74 Å². The minimum absolute atomic E-state index is 0.585. The SMILES string of the molecule is c1ccc(-c2nc(-c3ccccc3)nc(-c3cccc4c3C3(c5ccccc5Oc5ccccc53)c3cc(-c5nc(-c6ccccc6)c6oc7ccccc7c6n5)ccc3-4)n2)cc1. The molecule has 7 heteroatoms. The van der Waals surface area contributed by atoms with Gasteiger partial charge < -0.3 is 9.15 Å². The van der Waals surface area contributed by atoms with Crippen LogP contribution in [0.1, 0.15) is 22.3 Å². The van der Waals surface area contributed by atoms with E-state index in [1.165, 1.54) is 0 Å². The number of benzene rings is 8. The molecule has 3 aromatic heterocycles. The summed E-state index contributed by atoms with van der Waals surface area (Å²) in [4.78, 5) is 26.3. The van der Waals surface area contributed by atoms with E-state index in [2.05, 4.69) is 91.0 Å². The normalized spacial score (nSPS) is 13.0. The average Bonchev–Trinajstić information content (AvgIpc) is 3.88. The smallest absolute Gasteiger partial charge is 0.180 e. The molecule has 0 unspecified atom stereocenters. The number of fused-ring (bicyclic) bond motifs is 12. The highest BCUT2D eigenvalue weighted by atomic mass is 16.5. The van der Waals surface area contributed by atoms with Crippen molar-refractivity contribution in [1.29, 1.82) is 0 Å². The molecule has 63 heavy (non-hydrogen) atoms. The Kier molecular flexibility index (Phi) is 7.68. The standard InChI is InChI=1S/C56H33N5O2/c1-4-17-34(18-5-1)49-51-50(40-23-10-13-28-45(40)63-51)58-54(57-49)37-31-32-38-39-24-16-25-41(55-60-52(35-19-6-2-7-20-35)59-53(61-55)36-21-8-3-9-22-36)48(39)56(44(38)33-37)42-26-11-14-29-46(42)62-47-30-15-12-27-43(47)56/h1-33H. The van der Waals surface area contributed by atoms with Crippen LogP contribution in [-0.2, 0) is 5.41 Å². The van der Waals surface area contributed by atoms with Gasteiger partial charge in [0.05, 0.1) is 5.41 Å². The average molecular weight is 808 g/mol. The molecule has 1 aliphatic heterocycles. The molecule has 1 spiro atoms. The molecule has 11 aromatic rings. The molecule has 0 radical (unpaired) electrons. The number of furan rings is 1. The summed E-state index contributed by atoms with van der Waals surface area (Å²) in [7, 11) is 0. The van der Waals surface area contributed by atoms with Crippen LogP contribution in [0.25, 0.3) is 90.0 Å². The summed E-state index contributed by atoms with van der Waals surface area (Å²) in [5, 5.41) is 0.942. The molecule has 294 valence electrons. The highest BCUT2D eigenvalue weighted by Crippen LogP contribution is 2.64. The quantitative estimate of drug-likeness (QED) is 0.171. The van der Waals surface area contributed by atoms with Crippen LogP contribution in [0, 0.1) is 0 Å². The van der Waals surface area contributed by atoms with Gasteiger partial charge in [-0.3, -0.25) is 0 Å². The minimum Gasteiger partial charge on any atom is -0.457 e. The molecule has 0 saturated carbocycles. The Morgan fingerprint density at radius 1 is 0.365 bits per heavy atom. The molecule has 7 nitrogen and oxygen atoms in total. The Hall–Kier alpha value is -8.55. The second kappa shape index (κ2) is 13.7. The van der Waals surface area contributed by atoms with Crippen molar-refractivity contribution in [1.82, 2.24) is 24.9 Å². The molecule has 0 N–H and O–H groups in total. The van der Waals surface area contributed by atoms with Crippen LogP contribution in [0.15, 0.2) is 205 Å². The van der Waals surface area contributed by atoms with Crippen molar-refractivity contribution in [2.75, 3.05) is 0 Å². The summed E-state index contributed by atoms with van der Waals surface area (Å²) >= 11 is 0. The zero-order chi connectivity index (χ0) is 41.5. The lowest BCUT2D eigenvalue weighted by atomic mass is 9.65. The number of ether oxygens (including phenoxy) is 1. The Balaban J connectivity index is 1.11. The van der Waals surface area contributed by atoms with E-state index in [1.807, 2.05) is 109 Å². The van der Waals surface area contributed by atoms with E-state index in [1.54, 1.807) is 0 Å². The summed E-state index contributed by atoms with van der Waals surface area (Å²) in [6.07, 6.45) is 0. The third-order valence-electron chi connectivity index (χ3n) is 12.4. The predicted molar refractivity (Wildman–Crippen MR) is 247 cm³/mol. The third kappa shape index (κ3) is 5.30. The molecular formula is C56H33N5O2. The number of rotatable bonds is 5. The van der Waals surface area contributed by atoms with E-state index < -0.39 is 5.41 Å². The lowest BCUT2D eigenvalue weighted by Crippen LogP contribution is -2.32. The van der Waals surface area contributed by atoms with Gasteiger partial charge in [-0.1, -0.05) is 170 Å². The second-order valence-corrected chi connectivity index (χ2v) is 15.9. The van der Waals surface area contributed by atoms with Gasteiger partial charge in [-0.15, -0.1) is 0 Å². The fraction of sp³-hybridized carbons (Fsp3) is 0.0179. The first-order valence-corrected chi connectivity index (χ1v) is 21.0. The Morgan fingerprint density at radius 2 is 0.921 bits per heavy atom. The number of aromatic nitrogens is 5. The van der Waals surface area contributed by atoms with Crippen molar-refractivity contribution in [3.63, 3.8) is 0 Å². The van der Waals surface area contributed by atoms with Crippen molar-refractivity contribution < 1.29 is 9.15 Å². The Morgan fingerprint density at radius 3 is 1.60 bits per heavy atom. The van der Waals surface area contributed by atoms with E-state index in [-0.39, 0.29) is 0 Å². The van der Waals surface area contributed by atoms with Crippen LogP contribution in [0.5, 0.6) is 11.5 Å². The second-order valence-electron chi connectivity index (χ2n) is 15.9. The number of hydrogen-bond donors (Lipinski definition) is 0. The molecule has 13 rings (SSSR count). The topological polar surface area (TPSA) is 86.8 Å². The molecule has 0 atom stereocenters. The molecule has 0 amide bonds. The molecule has 8 aromatic carbocycles. The fourth-order valence-electron chi connectivity index (χ4n) is 9.72. The van der Waals surface area contributed by atoms with Gasteiger partial charge in [0.2, 0.25) is 0 Å². The highest BCUT2D eigenvalue weighted by Gasteiger charge is 2.52. The maximum absolute atomic E-state index is 6.78. The highest BCUT2D eigenvalue weighted by molar-refractivity contribution is 6.07. The third-order valence-corrected chi connectivity index (χ3v) is 12.4. The van der Waals surface area contributed by atoms with Crippen LogP contribution >= 0.6 is 0 Å². The predicted octanol–water partition coefficient (Wildman–Crippen LogP) is 13.4. The first-order chi connectivity index (χ1) is 31.2. The van der Waals surface area contributed by atoms with Gasteiger partial charge in [-0.05, 0) is 52.6 Å². The van der Waals surface area contributed by atoms with Crippen molar-refractivity contribution in [2.24, 2.45) is 0 Å². The molecule has 0 bridgehead atoms. The first-order valence-electron chi connectivity index (χ1n) is 21.0. The molecule has 2 aliphatic rings. The van der Waals surface area contributed by atoms with Crippen molar-refractivity contribution >= 4 is 22.1 Å². The van der Waals surface area contributed by atoms with E-state index >= 15 is 0 Å². The summed E-state index contributed by atoms with van der Waals surface area (Å²) in [6, 6.07) is 68.4. The summed E-state index contributed by atoms with van der Waals surface area (Å²) in [5.41, 5.74) is 13.1. The molecule has 0 saturated heterocycles. The van der Waals surface area contributed by atoms with E-state index in [0.29, 0.717) is 28.9 Å².